The van der Waals surface area contributed by atoms with Gasteiger partial charge in [0.2, 0.25) is 0 Å². The lowest BCUT2D eigenvalue weighted by Gasteiger charge is -2.31. The number of nitrogens with zero attached hydrogens (tertiary/aromatic N) is 5. The van der Waals surface area contributed by atoms with Crippen LogP contribution in [0, 0.1) is 6.92 Å². The second kappa shape index (κ2) is 8.69. The summed E-state index contributed by atoms with van der Waals surface area (Å²) in [4.78, 5) is 19.5. The molecule has 152 valence electrons. The van der Waals surface area contributed by atoms with Crippen LogP contribution in [0.2, 0.25) is 0 Å². The number of amides is 1. The van der Waals surface area contributed by atoms with E-state index in [0.29, 0.717) is 23.8 Å². The fourth-order valence-electron chi connectivity index (χ4n) is 4.06. The molecule has 3 aromatic rings. The normalized spacial score (nSPS) is 15.1. The fourth-order valence-corrected chi connectivity index (χ4v) is 4.06. The molecule has 0 bridgehead atoms. The molecule has 1 amide bonds. The lowest BCUT2D eigenvalue weighted by Crippen LogP contribution is -2.39. The van der Waals surface area contributed by atoms with Gasteiger partial charge in [-0.2, -0.15) is 4.68 Å². The maximum absolute atomic E-state index is 12.7. The summed E-state index contributed by atoms with van der Waals surface area (Å²) in [6.07, 6.45) is 8.25. The summed E-state index contributed by atoms with van der Waals surface area (Å²) in [5, 5.41) is 11.5. The zero-order chi connectivity index (χ0) is 20.2. The lowest BCUT2D eigenvalue weighted by molar-refractivity contribution is 0.0944. The molecule has 0 spiro atoms. The molecule has 1 saturated carbocycles. The smallest absolute Gasteiger partial charge is 0.251 e. The van der Waals surface area contributed by atoms with E-state index in [-0.39, 0.29) is 5.91 Å². The van der Waals surface area contributed by atoms with Crippen LogP contribution in [0.15, 0.2) is 36.5 Å². The first kappa shape index (κ1) is 19.5. The molecule has 7 heteroatoms. The number of likely N-dealkylation sites (N-methyl/N-ethyl adjacent to an activating group) is 1. The summed E-state index contributed by atoms with van der Waals surface area (Å²) in [5.41, 5.74) is 3.86. The Morgan fingerprint density at radius 2 is 2.07 bits per heavy atom. The zero-order valence-electron chi connectivity index (χ0n) is 17.1. The highest BCUT2D eigenvalue weighted by Crippen LogP contribution is 2.21. The van der Waals surface area contributed by atoms with E-state index in [0.717, 1.165) is 23.3 Å². The molecule has 0 radical (unpaired) electrons. The lowest BCUT2D eigenvalue weighted by atomic mass is 9.94. The van der Waals surface area contributed by atoms with Crippen molar-refractivity contribution in [2.45, 2.75) is 45.1 Å². The second-order valence-corrected chi connectivity index (χ2v) is 7.88. The number of carbonyl (C=O) groups is 1. The number of hydrogen-bond donors (Lipinski definition) is 1. The van der Waals surface area contributed by atoms with E-state index in [9.17, 15) is 4.79 Å². The molecule has 2 aromatic heterocycles. The molecule has 7 nitrogen and oxygen atoms in total. The number of rotatable bonds is 6. The van der Waals surface area contributed by atoms with Crippen molar-refractivity contribution in [3.63, 3.8) is 0 Å². The van der Waals surface area contributed by atoms with Crippen LogP contribution in [0.25, 0.3) is 16.9 Å². The van der Waals surface area contributed by atoms with Gasteiger partial charge in [0.25, 0.3) is 5.91 Å². The van der Waals surface area contributed by atoms with Crippen molar-refractivity contribution in [3.05, 3.63) is 47.7 Å². The Labute approximate surface area is 171 Å². The minimum absolute atomic E-state index is 0.0688. The number of benzene rings is 1. The Hall–Kier alpha value is -2.80. The van der Waals surface area contributed by atoms with Crippen LogP contribution in [-0.4, -0.2) is 57.0 Å². The highest BCUT2D eigenvalue weighted by atomic mass is 16.1. The average molecular weight is 393 g/mol. The van der Waals surface area contributed by atoms with Crippen LogP contribution >= 0.6 is 0 Å². The number of aromatic nitrogens is 4. The summed E-state index contributed by atoms with van der Waals surface area (Å²) in [6, 6.07) is 10.0. The van der Waals surface area contributed by atoms with Crippen LogP contribution in [-0.2, 0) is 0 Å². The first-order valence-corrected chi connectivity index (χ1v) is 10.4. The predicted octanol–water partition coefficient (Wildman–Crippen LogP) is 3.12. The van der Waals surface area contributed by atoms with Gasteiger partial charge in [0.1, 0.15) is 5.52 Å². The SMILES string of the molecule is Cc1ccc(C(=O)NCCN(C)C2CCCCC2)cc1-n1nnc2cccnc21. The third-order valence-electron chi connectivity index (χ3n) is 5.86. The summed E-state index contributed by atoms with van der Waals surface area (Å²) >= 11 is 0. The zero-order valence-corrected chi connectivity index (χ0v) is 17.1. The van der Waals surface area contributed by atoms with Crippen LogP contribution in [0.1, 0.15) is 48.0 Å². The molecule has 2 heterocycles. The first-order valence-electron chi connectivity index (χ1n) is 10.4. The molecule has 1 fully saturated rings. The monoisotopic (exact) mass is 392 g/mol. The van der Waals surface area contributed by atoms with Gasteiger partial charge in [0, 0.05) is 30.9 Å². The molecular weight excluding hydrogens is 364 g/mol. The molecule has 1 aliphatic carbocycles. The molecule has 1 N–H and O–H groups in total. The quantitative estimate of drug-likeness (QED) is 0.698. The highest BCUT2D eigenvalue weighted by Gasteiger charge is 2.18. The van der Waals surface area contributed by atoms with Crippen molar-refractivity contribution in [2.75, 3.05) is 20.1 Å². The van der Waals surface area contributed by atoms with Crippen molar-refractivity contribution in [1.29, 1.82) is 0 Å². The van der Waals surface area contributed by atoms with Crippen LogP contribution < -0.4 is 5.32 Å². The van der Waals surface area contributed by atoms with E-state index in [2.05, 4.69) is 32.6 Å². The molecule has 4 rings (SSSR count). The largest absolute Gasteiger partial charge is 0.351 e. The number of carbonyl (C=O) groups excluding carboxylic acids is 1. The van der Waals surface area contributed by atoms with Gasteiger partial charge in [-0.25, -0.2) is 4.98 Å². The second-order valence-electron chi connectivity index (χ2n) is 7.88. The summed E-state index contributed by atoms with van der Waals surface area (Å²) in [5.74, 6) is -0.0688. The molecule has 0 aliphatic heterocycles. The number of hydrogen-bond acceptors (Lipinski definition) is 5. The topological polar surface area (TPSA) is 75.9 Å². The van der Waals surface area contributed by atoms with E-state index in [1.54, 1.807) is 10.9 Å². The Morgan fingerprint density at radius 1 is 1.24 bits per heavy atom. The maximum atomic E-state index is 12.7. The van der Waals surface area contributed by atoms with Crippen molar-refractivity contribution in [2.24, 2.45) is 0 Å². The van der Waals surface area contributed by atoms with E-state index < -0.39 is 0 Å². The van der Waals surface area contributed by atoms with Gasteiger partial charge < -0.3 is 10.2 Å². The molecule has 1 aliphatic rings. The third kappa shape index (κ3) is 4.29. The van der Waals surface area contributed by atoms with E-state index in [1.807, 2.05) is 37.3 Å². The molecule has 29 heavy (non-hydrogen) atoms. The van der Waals surface area contributed by atoms with Crippen LogP contribution in [0.5, 0.6) is 0 Å². The van der Waals surface area contributed by atoms with Gasteiger partial charge in [0.05, 0.1) is 5.69 Å². The maximum Gasteiger partial charge on any atom is 0.251 e. The minimum atomic E-state index is -0.0688. The van der Waals surface area contributed by atoms with E-state index in [1.165, 1.54) is 32.1 Å². The number of nitrogens with one attached hydrogen (secondary N) is 1. The van der Waals surface area contributed by atoms with Crippen molar-refractivity contribution < 1.29 is 4.79 Å². The van der Waals surface area contributed by atoms with Gasteiger partial charge >= 0.3 is 0 Å². The Balaban J connectivity index is 1.43. The van der Waals surface area contributed by atoms with E-state index in [4.69, 9.17) is 0 Å². The first-order chi connectivity index (χ1) is 14.1. The third-order valence-corrected chi connectivity index (χ3v) is 5.86. The average Bonchev–Trinajstić information content (AvgIpc) is 3.18. The fraction of sp³-hybridized carbons (Fsp3) is 0.455. The predicted molar refractivity (Wildman–Crippen MR) is 113 cm³/mol. The molecular formula is C22H28N6O. The molecule has 0 unspecified atom stereocenters. The number of pyridine rings is 1. The Morgan fingerprint density at radius 3 is 2.90 bits per heavy atom. The van der Waals surface area contributed by atoms with Gasteiger partial charge in [-0.1, -0.05) is 30.5 Å². The van der Waals surface area contributed by atoms with Crippen LogP contribution in [0.3, 0.4) is 0 Å². The van der Waals surface area contributed by atoms with Crippen molar-refractivity contribution in [1.82, 2.24) is 30.2 Å². The Kier molecular flexibility index (Phi) is 5.85. The molecule has 1 aromatic carbocycles. The molecule has 0 saturated heterocycles. The Bertz CT molecular complexity index is 992. The van der Waals surface area contributed by atoms with Gasteiger partial charge in [-0.15, -0.1) is 5.10 Å². The van der Waals surface area contributed by atoms with Gasteiger partial charge in [-0.05, 0) is 56.6 Å². The standard InChI is InChI=1S/C22H28N6O/c1-16-10-11-17(15-20(16)28-21-19(25-26-28)9-6-12-23-21)22(29)24-13-14-27(2)18-7-4-3-5-8-18/h6,9-12,15,18H,3-5,7-8,13-14H2,1-2H3,(H,24,29). The van der Waals surface area contributed by atoms with E-state index >= 15 is 0 Å². The number of fused-ring (bicyclic) bond motifs is 1. The molecule has 0 atom stereocenters. The van der Waals surface area contributed by atoms with Gasteiger partial charge in [-0.3, -0.25) is 4.79 Å². The number of aryl methyl sites for hydroxylation is 1. The summed E-state index contributed by atoms with van der Waals surface area (Å²) in [6.45, 7) is 3.50. The van der Waals surface area contributed by atoms with Gasteiger partial charge in [0.15, 0.2) is 5.65 Å². The van der Waals surface area contributed by atoms with Crippen LogP contribution in [0.4, 0.5) is 0 Å². The van der Waals surface area contributed by atoms with Crippen molar-refractivity contribution in [3.8, 4) is 5.69 Å². The summed E-state index contributed by atoms with van der Waals surface area (Å²) < 4.78 is 1.69. The minimum Gasteiger partial charge on any atom is -0.351 e. The highest BCUT2D eigenvalue weighted by molar-refractivity contribution is 5.95. The summed E-state index contributed by atoms with van der Waals surface area (Å²) in [7, 11) is 2.16. The van der Waals surface area contributed by atoms with Crippen molar-refractivity contribution >= 4 is 17.1 Å².